The van der Waals surface area contributed by atoms with Gasteiger partial charge in [0.15, 0.2) is 0 Å². The first-order valence-electron chi connectivity index (χ1n) is 7.91. The molecule has 21 heavy (non-hydrogen) atoms. The predicted octanol–water partition coefficient (Wildman–Crippen LogP) is 2.43. The molecule has 0 atom stereocenters. The van der Waals surface area contributed by atoms with Gasteiger partial charge >= 0.3 is 0 Å². The molecule has 1 heterocycles. The predicted molar refractivity (Wildman–Crippen MR) is 80.0 cm³/mol. The van der Waals surface area contributed by atoms with Crippen molar-refractivity contribution in [3.63, 3.8) is 0 Å². The fraction of sp³-hybridized carbons (Fsp3) is 0.750. The van der Waals surface area contributed by atoms with Gasteiger partial charge in [-0.15, -0.1) is 0 Å². The van der Waals surface area contributed by atoms with Gasteiger partial charge in [-0.3, -0.25) is 4.79 Å². The Morgan fingerprint density at radius 2 is 2.05 bits per heavy atom. The van der Waals surface area contributed by atoms with Crippen LogP contribution in [0.1, 0.15) is 62.0 Å². The lowest BCUT2D eigenvalue weighted by Gasteiger charge is -2.31. The summed E-state index contributed by atoms with van der Waals surface area (Å²) in [7, 11) is 0. The van der Waals surface area contributed by atoms with Crippen LogP contribution < -0.4 is 5.32 Å². The highest BCUT2D eigenvalue weighted by Crippen LogP contribution is 2.30. The second-order valence-corrected chi connectivity index (χ2v) is 6.22. The molecule has 1 fully saturated rings. The van der Waals surface area contributed by atoms with E-state index < -0.39 is 5.60 Å². The molecule has 0 radical (unpaired) electrons. The number of aromatic nitrogens is 1. The normalized spacial score (nSPS) is 17.7. The Bertz CT molecular complexity index is 456. The Morgan fingerprint density at radius 3 is 2.67 bits per heavy atom. The molecule has 0 saturated heterocycles. The third-order valence-electron chi connectivity index (χ3n) is 4.38. The number of nitrogens with one attached hydrogen (secondary N) is 1. The first-order chi connectivity index (χ1) is 10.0. The molecular formula is C16H26N2O3. The SMILES string of the molecule is Cc1noc(C)c1CCCNC(=O)CC1(O)CCCCC1. The van der Waals surface area contributed by atoms with Crippen molar-refractivity contribution in [3.05, 3.63) is 17.0 Å². The number of aryl methyl sites for hydroxylation is 2. The maximum Gasteiger partial charge on any atom is 0.222 e. The van der Waals surface area contributed by atoms with Crippen molar-refractivity contribution in [1.82, 2.24) is 10.5 Å². The molecule has 1 aliphatic rings. The van der Waals surface area contributed by atoms with Gasteiger partial charge < -0.3 is 14.9 Å². The van der Waals surface area contributed by atoms with Gasteiger partial charge in [0.1, 0.15) is 5.76 Å². The van der Waals surface area contributed by atoms with E-state index in [0.29, 0.717) is 6.54 Å². The maximum atomic E-state index is 11.9. The minimum Gasteiger partial charge on any atom is -0.389 e. The number of hydrogen-bond donors (Lipinski definition) is 2. The van der Waals surface area contributed by atoms with Crippen molar-refractivity contribution in [2.75, 3.05) is 6.54 Å². The molecule has 0 bridgehead atoms. The Morgan fingerprint density at radius 1 is 1.33 bits per heavy atom. The molecule has 5 heteroatoms. The number of carbonyl (C=O) groups excluding carboxylic acids is 1. The molecular weight excluding hydrogens is 268 g/mol. The third kappa shape index (κ3) is 4.56. The van der Waals surface area contributed by atoms with Crippen molar-refractivity contribution in [1.29, 1.82) is 0 Å². The Kier molecular flexibility index (Phi) is 5.39. The van der Waals surface area contributed by atoms with Gasteiger partial charge in [0.05, 0.1) is 17.7 Å². The van der Waals surface area contributed by atoms with Crippen LogP contribution in [0.5, 0.6) is 0 Å². The van der Waals surface area contributed by atoms with Crippen molar-refractivity contribution in [2.45, 2.75) is 70.8 Å². The summed E-state index contributed by atoms with van der Waals surface area (Å²) in [6.07, 6.45) is 6.66. The zero-order valence-corrected chi connectivity index (χ0v) is 13.1. The van der Waals surface area contributed by atoms with E-state index >= 15 is 0 Å². The van der Waals surface area contributed by atoms with Crippen molar-refractivity contribution < 1.29 is 14.4 Å². The van der Waals surface area contributed by atoms with Gasteiger partial charge in [-0.2, -0.15) is 0 Å². The summed E-state index contributed by atoms with van der Waals surface area (Å²) >= 11 is 0. The van der Waals surface area contributed by atoms with Crippen LogP contribution in [0.4, 0.5) is 0 Å². The first kappa shape index (κ1) is 16.0. The molecule has 118 valence electrons. The Balaban J connectivity index is 1.67. The lowest BCUT2D eigenvalue weighted by molar-refractivity contribution is -0.127. The highest BCUT2D eigenvalue weighted by molar-refractivity contribution is 5.77. The smallest absolute Gasteiger partial charge is 0.222 e. The first-order valence-corrected chi connectivity index (χ1v) is 7.91. The summed E-state index contributed by atoms with van der Waals surface area (Å²) < 4.78 is 5.12. The standard InChI is InChI=1S/C16H26N2O3/c1-12-14(13(2)21-18-12)7-6-10-17-15(19)11-16(20)8-4-3-5-9-16/h20H,3-11H2,1-2H3,(H,17,19). The van der Waals surface area contributed by atoms with E-state index in [2.05, 4.69) is 10.5 Å². The molecule has 1 aromatic rings. The zero-order chi connectivity index (χ0) is 15.3. The molecule has 1 aliphatic carbocycles. The Hall–Kier alpha value is -1.36. The van der Waals surface area contributed by atoms with Crippen LogP contribution >= 0.6 is 0 Å². The summed E-state index contributed by atoms with van der Waals surface area (Å²) in [5.41, 5.74) is 1.29. The quantitative estimate of drug-likeness (QED) is 0.790. The van der Waals surface area contributed by atoms with Crippen LogP contribution in [-0.4, -0.2) is 28.3 Å². The average Bonchev–Trinajstić information content (AvgIpc) is 2.75. The molecule has 5 nitrogen and oxygen atoms in total. The van der Waals surface area contributed by atoms with Crippen LogP contribution in [0.2, 0.25) is 0 Å². The maximum absolute atomic E-state index is 11.9. The molecule has 2 N–H and O–H groups in total. The highest BCUT2D eigenvalue weighted by Gasteiger charge is 2.31. The largest absolute Gasteiger partial charge is 0.389 e. The minimum atomic E-state index is -0.774. The van der Waals surface area contributed by atoms with Gasteiger partial charge in [0, 0.05) is 12.1 Å². The van der Waals surface area contributed by atoms with Crippen molar-refractivity contribution in [2.24, 2.45) is 0 Å². The van der Waals surface area contributed by atoms with Gasteiger partial charge in [-0.05, 0) is 39.5 Å². The summed E-state index contributed by atoms with van der Waals surface area (Å²) in [5, 5.41) is 17.2. The summed E-state index contributed by atoms with van der Waals surface area (Å²) in [6.45, 7) is 4.47. The number of nitrogens with zero attached hydrogens (tertiary/aromatic N) is 1. The fourth-order valence-electron chi connectivity index (χ4n) is 3.10. The minimum absolute atomic E-state index is 0.0434. The van der Waals surface area contributed by atoms with Crippen LogP contribution in [0.25, 0.3) is 0 Å². The van der Waals surface area contributed by atoms with Gasteiger partial charge in [0.2, 0.25) is 5.91 Å². The summed E-state index contributed by atoms with van der Waals surface area (Å²) in [6, 6.07) is 0. The van der Waals surface area contributed by atoms with Gasteiger partial charge in [0.25, 0.3) is 0 Å². The second kappa shape index (κ2) is 7.07. The number of carbonyl (C=O) groups is 1. The van der Waals surface area contributed by atoms with Crippen LogP contribution in [0, 0.1) is 13.8 Å². The van der Waals surface area contributed by atoms with E-state index in [9.17, 15) is 9.90 Å². The number of rotatable bonds is 6. The van der Waals surface area contributed by atoms with Crippen molar-refractivity contribution in [3.8, 4) is 0 Å². The molecule has 1 aromatic heterocycles. The molecule has 0 unspecified atom stereocenters. The third-order valence-corrected chi connectivity index (χ3v) is 4.38. The number of amides is 1. The summed E-state index contributed by atoms with van der Waals surface area (Å²) in [4.78, 5) is 11.9. The second-order valence-electron chi connectivity index (χ2n) is 6.22. The number of aliphatic hydroxyl groups is 1. The van der Waals surface area contributed by atoms with Gasteiger partial charge in [-0.1, -0.05) is 24.4 Å². The lowest BCUT2D eigenvalue weighted by Crippen LogP contribution is -2.38. The average molecular weight is 294 g/mol. The summed E-state index contributed by atoms with van der Waals surface area (Å²) in [5.74, 6) is 0.813. The molecule has 0 spiro atoms. The topological polar surface area (TPSA) is 75.4 Å². The van der Waals surface area contributed by atoms with Gasteiger partial charge in [-0.25, -0.2) is 0 Å². The van der Waals surface area contributed by atoms with E-state index in [-0.39, 0.29) is 12.3 Å². The van der Waals surface area contributed by atoms with E-state index in [0.717, 1.165) is 55.5 Å². The van der Waals surface area contributed by atoms with E-state index in [1.807, 2.05) is 13.8 Å². The molecule has 1 amide bonds. The van der Waals surface area contributed by atoms with E-state index in [1.54, 1.807) is 0 Å². The fourth-order valence-corrected chi connectivity index (χ4v) is 3.10. The zero-order valence-electron chi connectivity index (χ0n) is 13.1. The van der Waals surface area contributed by atoms with Crippen LogP contribution in [0.3, 0.4) is 0 Å². The van der Waals surface area contributed by atoms with Crippen molar-refractivity contribution >= 4 is 5.91 Å². The Labute approximate surface area is 126 Å². The molecule has 2 rings (SSSR count). The van der Waals surface area contributed by atoms with E-state index in [4.69, 9.17) is 4.52 Å². The molecule has 0 aromatic carbocycles. The lowest BCUT2D eigenvalue weighted by atomic mass is 9.82. The monoisotopic (exact) mass is 294 g/mol. The molecule has 1 saturated carbocycles. The van der Waals surface area contributed by atoms with Crippen LogP contribution in [0.15, 0.2) is 4.52 Å². The number of hydrogen-bond acceptors (Lipinski definition) is 4. The van der Waals surface area contributed by atoms with E-state index in [1.165, 1.54) is 6.42 Å². The highest BCUT2D eigenvalue weighted by atomic mass is 16.5. The molecule has 0 aliphatic heterocycles. The van der Waals surface area contributed by atoms with Crippen LogP contribution in [-0.2, 0) is 11.2 Å².